The molecule has 2 aromatic heterocycles. The third-order valence-corrected chi connectivity index (χ3v) is 4.33. The number of rotatable bonds is 5. The van der Waals surface area contributed by atoms with Crippen molar-refractivity contribution in [2.24, 2.45) is 0 Å². The minimum absolute atomic E-state index is 0.820. The molecular weight excluding hydrogens is 276 g/mol. The second-order valence-electron chi connectivity index (χ2n) is 4.44. The molecule has 0 fully saturated rings. The summed E-state index contributed by atoms with van der Waals surface area (Å²) in [6, 6.07) is 12.4. The van der Waals surface area contributed by atoms with Crippen LogP contribution in [-0.2, 0) is 13.1 Å². The number of nitrogens with zero attached hydrogens (tertiary/aromatic N) is 1. The maximum atomic E-state index is 6.26. The zero-order chi connectivity index (χ0) is 13.1. The van der Waals surface area contributed by atoms with Crippen molar-refractivity contribution in [1.29, 1.82) is 0 Å². The molecule has 0 aliphatic rings. The van der Waals surface area contributed by atoms with Gasteiger partial charge in [-0.15, -0.1) is 11.3 Å². The van der Waals surface area contributed by atoms with Crippen LogP contribution in [0.3, 0.4) is 0 Å². The molecule has 0 bridgehead atoms. The Morgan fingerprint density at radius 1 is 1.16 bits per heavy atom. The van der Waals surface area contributed by atoms with Crippen molar-refractivity contribution >= 4 is 33.8 Å². The van der Waals surface area contributed by atoms with Crippen LogP contribution in [0.1, 0.15) is 4.88 Å². The van der Waals surface area contributed by atoms with Gasteiger partial charge in [0.15, 0.2) is 0 Å². The third-order valence-electron chi connectivity index (χ3n) is 3.15. The Hall–Kier alpha value is -1.29. The Morgan fingerprint density at radius 3 is 2.95 bits per heavy atom. The van der Waals surface area contributed by atoms with Gasteiger partial charge < -0.3 is 9.88 Å². The first kappa shape index (κ1) is 12.7. The Kier molecular flexibility index (Phi) is 3.87. The highest BCUT2D eigenvalue weighted by Gasteiger charge is 2.04. The lowest BCUT2D eigenvalue weighted by Gasteiger charge is -2.07. The molecule has 0 atom stereocenters. The van der Waals surface area contributed by atoms with E-state index in [2.05, 4.69) is 45.7 Å². The number of thiophene rings is 1. The van der Waals surface area contributed by atoms with Crippen molar-refractivity contribution in [2.75, 3.05) is 6.54 Å². The molecule has 0 aliphatic carbocycles. The fourth-order valence-corrected chi connectivity index (χ4v) is 3.19. The Balaban J connectivity index is 1.62. The van der Waals surface area contributed by atoms with Crippen molar-refractivity contribution < 1.29 is 0 Å². The summed E-state index contributed by atoms with van der Waals surface area (Å²) in [5.41, 5.74) is 1.13. The summed E-state index contributed by atoms with van der Waals surface area (Å²) >= 11 is 8.04. The van der Waals surface area contributed by atoms with Crippen molar-refractivity contribution in [1.82, 2.24) is 9.88 Å². The van der Waals surface area contributed by atoms with Gasteiger partial charge in [0.1, 0.15) is 0 Å². The average molecular weight is 291 g/mol. The van der Waals surface area contributed by atoms with Gasteiger partial charge in [-0.1, -0.05) is 29.8 Å². The summed E-state index contributed by atoms with van der Waals surface area (Å²) in [5.74, 6) is 0. The van der Waals surface area contributed by atoms with Crippen LogP contribution in [0.5, 0.6) is 0 Å². The van der Waals surface area contributed by atoms with Gasteiger partial charge in [-0.25, -0.2) is 0 Å². The van der Waals surface area contributed by atoms with Gasteiger partial charge in [-0.05, 0) is 23.6 Å². The molecular formula is C15H15ClN2S. The van der Waals surface area contributed by atoms with Gasteiger partial charge >= 0.3 is 0 Å². The monoisotopic (exact) mass is 290 g/mol. The predicted molar refractivity (Wildman–Crippen MR) is 83.0 cm³/mol. The second kappa shape index (κ2) is 5.78. The maximum absolute atomic E-state index is 6.26. The Bertz CT molecular complexity index is 658. The summed E-state index contributed by atoms with van der Waals surface area (Å²) in [7, 11) is 0. The molecule has 98 valence electrons. The first-order valence-electron chi connectivity index (χ1n) is 6.31. The van der Waals surface area contributed by atoms with Gasteiger partial charge in [0.05, 0.1) is 10.5 Å². The van der Waals surface area contributed by atoms with E-state index in [4.69, 9.17) is 11.6 Å². The highest BCUT2D eigenvalue weighted by Crippen LogP contribution is 2.24. The Morgan fingerprint density at radius 2 is 2.11 bits per heavy atom. The molecule has 0 aliphatic heterocycles. The standard InChI is InChI=1S/C15H15ClN2S/c16-14-5-1-3-12-6-8-18(15(12)14)9-7-17-11-13-4-2-10-19-13/h1-6,8,10,17H,7,9,11H2. The molecule has 0 unspecified atom stereocenters. The summed E-state index contributed by atoms with van der Waals surface area (Å²) in [6.45, 7) is 2.80. The highest BCUT2D eigenvalue weighted by atomic mass is 35.5. The Labute approximate surface area is 121 Å². The van der Waals surface area contributed by atoms with Crippen LogP contribution in [-0.4, -0.2) is 11.1 Å². The number of para-hydroxylation sites is 1. The topological polar surface area (TPSA) is 17.0 Å². The van der Waals surface area contributed by atoms with E-state index in [1.54, 1.807) is 11.3 Å². The van der Waals surface area contributed by atoms with Crippen LogP contribution in [0.25, 0.3) is 10.9 Å². The molecule has 2 heterocycles. The number of fused-ring (bicyclic) bond motifs is 1. The van der Waals surface area contributed by atoms with E-state index in [9.17, 15) is 0 Å². The molecule has 0 spiro atoms. The van der Waals surface area contributed by atoms with E-state index in [0.29, 0.717) is 0 Å². The lowest BCUT2D eigenvalue weighted by Crippen LogP contribution is -2.18. The predicted octanol–water partition coefficient (Wildman–Crippen LogP) is 4.15. The van der Waals surface area contributed by atoms with E-state index in [-0.39, 0.29) is 0 Å². The van der Waals surface area contributed by atoms with Crippen LogP contribution in [0.4, 0.5) is 0 Å². The molecule has 4 heteroatoms. The number of hydrogen-bond donors (Lipinski definition) is 1. The van der Waals surface area contributed by atoms with Crippen molar-refractivity contribution in [3.8, 4) is 0 Å². The fraction of sp³-hybridized carbons (Fsp3) is 0.200. The zero-order valence-corrected chi connectivity index (χ0v) is 12.0. The van der Waals surface area contributed by atoms with E-state index in [0.717, 1.165) is 30.2 Å². The van der Waals surface area contributed by atoms with Gasteiger partial charge in [0.25, 0.3) is 0 Å². The molecule has 0 amide bonds. The zero-order valence-electron chi connectivity index (χ0n) is 10.5. The van der Waals surface area contributed by atoms with Gasteiger partial charge in [-0.3, -0.25) is 0 Å². The van der Waals surface area contributed by atoms with E-state index >= 15 is 0 Å². The normalized spacial score (nSPS) is 11.2. The number of hydrogen-bond acceptors (Lipinski definition) is 2. The van der Waals surface area contributed by atoms with Crippen LogP contribution in [0, 0.1) is 0 Å². The largest absolute Gasteiger partial charge is 0.345 e. The van der Waals surface area contributed by atoms with Gasteiger partial charge in [-0.2, -0.15) is 0 Å². The van der Waals surface area contributed by atoms with Crippen LogP contribution in [0.2, 0.25) is 5.02 Å². The molecule has 19 heavy (non-hydrogen) atoms. The quantitative estimate of drug-likeness (QED) is 0.699. The first-order valence-corrected chi connectivity index (χ1v) is 7.57. The molecule has 1 aromatic carbocycles. The average Bonchev–Trinajstić information content (AvgIpc) is 3.05. The summed E-state index contributed by atoms with van der Waals surface area (Å²) < 4.78 is 2.21. The molecule has 3 rings (SSSR count). The fourth-order valence-electron chi connectivity index (χ4n) is 2.22. The minimum atomic E-state index is 0.820. The van der Waals surface area contributed by atoms with Crippen LogP contribution < -0.4 is 5.32 Å². The van der Waals surface area contributed by atoms with E-state index < -0.39 is 0 Å². The second-order valence-corrected chi connectivity index (χ2v) is 5.88. The van der Waals surface area contributed by atoms with Gasteiger partial charge in [0, 0.05) is 36.1 Å². The van der Waals surface area contributed by atoms with E-state index in [1.165, 1.54) is 10.3 Å². The maximum Gasteiger partial charge on any atom is 0.0670 e. The number of nitrogens with one attached hydrogen (secondary N) is 1. The minimum Gasteiger partial charge on any atom is -0.345 e. The number of halogens is 1. The number of benzene rings is 1. The SMILES string of the molecule is Clc1cccc2ccn(CCNCc3cccs3)c12. The summed E-state index contributed by atoms with van der Waals surface area (Å²) in [4.78, 5) is 1.37. The molecule has 1 N–H and O–H groups in total. The number of aromatic nitrogens is 1. The molecule has 3 aromatic rings. The van der Waals surface area contributed by atoms with Crippen molar-refractivity contribution in [2.45, 2.75) is 13.1 Å². The van der Waals surface area contributed by atoms with Crippen molar-refractivity contribution in [3.63, 3.8) is 0 Å². The lowest BCUT2D eigenvalue weighted by molar-refractivity contribution is 0.613. The summed E-state index contributed by atoms with van der Waals surface area (Å²) in [5, 5.41) is 7.58. The third kappa shape index (κ3) is 2.84. The molecule has 0 saturated carbocycles. The smallest absolute Gasteiger partial charge is 0.0670 e. The molecule has 0 radical (unpaired) electrons. The van der Waals surface area contributed by atoms with E-state index in [1.807, 2.05) is 12.1 Å². The highest BCUT2D eigenvalue weighted by molar-refractivity contribution is 7.09. The molecule has 2 nitrogen and oxygen atoms in total. The van der Waals surface area contributed by atoms with Crippen LogP contribution in [0.15, 0.2) is 48.0 Å². The lowest BCUT2D eigenvalue weighted by atomic mass is 10.2. The van der Waals surface area contributed by atoms with Crippen LogP contribution >= 0.6 is 22.9 Å². The molecule has 0 saturated heterocycles. The first-order chi connectivity index (χ1) is 9.34. The van der Waals surface area contributed by atoms with Gasteiger partial charge in [0.2, 0.25) is 0 Å². The van der Waals surface area contributed by atoms with Crippen molar-refractivity contribution in [3.05, 3.63) is 57.9 Å². The summed E-state index contributed by atoms with van der Waals surface area (Å²) in [6.07, 6.45) is 2.10.